The highest BCUT2D eigenvalue weighted by Crippen LogP contribution is 2.31. The molecule has 9 heteroatoms. The highest BCUT2D eigenvalue weighted by molar-refractivity contribution is 7.82. The average Bonchev–Trinajstić information content (AvgIpc) is 3.83. The maximum Gasteiger partial charge on any atom is 0.316 e. The lowest BCUT2D eigenvalue weighted by atomic mass is 9.93. The van der Waals surface area contributed by atoms with Crippen LogP contribution in [0.2, 0.25) is 0 Å². The normalized spacial score (nSPS) is 12.3. The van der Waals surface area contributed by atoms with Gasteiger partial charge in [-0.05, 0) is 97.2 Å². The average molecular weight is 852 g/mol. The van der Waals surface area contributed by atoms with Crippen molar-refractivity contribution in [1.29, 1.82) is 0 Å². The van der Waals surface area contributed by atoms with E-state index < -0.39 is 11.3 Å². The predicted molar refractivity (Wildman–Crippen MR) is 257 cm³/mol. The number of aryl methyl sites for hydroxylation is 3. The number of H-pyrrole nitrogens is 1. The standard InChI is InChI=1S/C52H77N5O3S/c1-8-11-14-17-20-23-26-41-29-31-47(40(4)33-41)60-61(58)56-46-36-43(35-45(38-46)51-53-50-39-49(52(5,6)7)54-57(50)55-51)34-44-30-28-42(27-24-21-18-15-12-9-2)37-48(44)59-32-25-22-19-16-13-10-3/h28-31,33,35-39,54,56H,8-27,32,34H2,1-7H3. The molecule has 0 aliphatic carbocycles. The molecule has 0 bridgehead atoms. The van der Waals surface area contributed by atoms with Gasteiger partial charge in [-0.25, -0.2) is 4.98 Å². The summed E-state index contributed by atoms with van der Waals surface area (Å²) in [6.45, 7) is 16.0. The quantitative estimate of drug-likeness (QED) is 0.0467. The number of unbranched alkanes of at least 4 members (excludes halogenated alkanes) is 15. The van der Waals surface area contributed by atoms with Crippen LogP contribution in [-0.2, 0) is 35.9 Å². The summed E-state index contributed by atoms with van der Waals surface area (Å²) in [6, 6.07) is 21.2. The molecule has 0 aliphatic rings. The Bertz CT molecular complexity index is 2050. The molecule has 2 aromatic heterocycles. The second-order valence-corrected chi connectivity index (χ2v) is 19.2. The monoisotopic (exact) mass is 852 g/mol. The number of aromatic nitrogens is 4. The van der Waals surface area contributed by atoms with E-state index in [9.17, 15) is 4.21 Å². The lowest BCUT2D eigenvalue weighted by Crippen LogP contribution is -2.12. The number of rotatable bonds is 29. The maximum absolute atomic E-state index is 13.7. The highest BCUT2D eigenvalue weighted by Gasteiger charge is 2.20. The molecule has 5 rings (SSSR count). The minimum atomic E-state index is -1.84. The zero-order chi connectivity index (χ0) is 43.5. The van der Waals surface area contributed by atoms with Crippen LogP contribution in [0.3, 0.4) is 0 Å². The molecule has 0 aliphatic heterocycles. The van der Waals surface area contributed by atoms with Gasteiger partial charge in [0.05, 0.1) is 12.3 Å². The fourth-order valence-corrected chi connectivity index (χ4v) is 8.66. The van der Waals surface area contributed by atoms with Gasteiger partial charge in [0.2, 0.25) is 0 Å². The number of benzene rings is 3. The van der Waals surface area contributed by atoms with Crippen molar-refractivity contribution in [3.05, 3.63) is 94.2 Å². The van der Waals surface area contributed by atoms with Crippen molar-refractivity contribution in [2.75, 3.05) is 11.3 Å². The summed E-state index contributed by atoms with van der Waals surface area (Å²) >= 11 is -1.84. The van der Waals surface area contributed by atoms with E-state index >= 15 is 0 Å². The molecule has 3 aromatic carbocycles. The number of nitrogens with zero attached hydrogens (tertiary/aromatic N) is 3. The molecule has 0 spiro atoms. The highest BCUT2D eigenvalue weighted by atomic mass is 32.2. The summed E-state index contributed by atoms with van der Waals surface area (Å²) < 4.78 is 31.2. The van der Waals surface area contributed by atoms with Crippen LogP contribution in [0.1, 0.15) is 191 Å². The van der Waals surface area contributed by atoms with Gasteiger partial charge in [-0.2, -0.15) is 8.84 Å². The Hall–Kier alpha value is -4.11. The number of hydrogen-bond donors (Lipinski definition) is 2. The van der Waals surface area contributed by atoms with E-state index in [1.54, 1.807) is 4.63 Å². The van der Waals surface area contributed by atoms with Crippen molar-refractivity contribution in [1.82, 2.24) is 19.8 Å². The molecule has 0 radical (unpaired) electrons. The van der Waals surface area contributed by atoms with Crippen LogP contribution in [0.5, 0.6) is 11.5 Å². The molecule has 1 atom stereocenters. The van der Waals surface area contributed by atoms with E-state index in [-0.39, 0.29) is 5.41 Å². The Morgan fingerprint density at radius 1 is 0.672 bits per heavy atom. The summed E-state index contributed by atoms with van der Waals surface area (Å²) in [4.78, 5) is 4.93. The first-order valence-electron chi connectivity index (χ1n) is 23.9. The van der Waals surface area contributed by atoms with Crippen molar-refractivity contribution in [3.8, 4) is 22.9 Å². The van der Waals surface area contributed by atoms with E-state index in [0.29, 0.717) is 30.3 Å². The van der Waals surface area contributed by atoms with E-state index in [4.69, 9.17) is 19.0 Å². The van der Waals surface area contributed by atoms with Gasteiger partial charge >= 0.3 is 11.3 Å². The van der Waals surface area contributed by atoms with Crippen molar-refractivity contribution < 1.29 is 13.1 Å². The van der Waals surface area contributed by atoms with Gasteiger partial charge in [0.25, 0.3) is 0 Å². The first kappa shape index (κ1) is 47.9. The third kappa shape index (κ3) is 15.9. The van der Waals surface area contributed by atoms with Crippen LogP contribution in [-0.4, -0.2) is 30.6 Å². The lowest BCUT2D eigenvalue weighted by Gasteiger charge is -2.16. The molecule has 61 heavy (non-hydrogen) atoms. The molecule has 1 unspecified atom stereocenters. The van der Waals surface area contributed by atoms with E-state index in [0.717, 1.165) is 58.6 Å². The van der Waals surface area contributed by atoms with E-state index in [1.165, 1.54) is 120 Å². The van der Waals surface area contributed by atoms with Crippen molar-refractivity contribution in [3.63, 3.8) is 0 Å². The van der Waals surface area contributed by atoms with Crippen LogP contribution >= 0.6 is 0 Å². The third-order valence-corrected chi connectivity index (χ3v) is 12.4. The van der Waals surface area contributed by atoms with Crippen LogP contribution in [0, 0.1) is 6.92 Å². The third-order valence-electron chi connectivity index (χ3n) is 11.7. The molecule has 0 amide bonds. The Morgan fingerprint density at radius 2 is 1.28 bits per heavy atom. The Balaban J connectivity index is 1.36. The Morgan fingerprint density at radius 3 is 1.90 bits per heavy atom. The number of ether oxygens (including phenoxy) is 1. The Labute approximate surface area is 371 Å². The fraction of sp³-hybridized carbons (Fsp3) is 0.577. The largest absolute Gasteiger partial charge is 0.493 e. The van der Waals surface area contributed by atoms with Crippen molar-refractivity contribution in [2.45, 2.75) is 189 Å². The van der Waals surface area contributed by atoms with Gasteiger partial charge in [0, 0.05) is 29.2 Å². The number of fused-ring (bicyclic) bond motifs is 1. The molecule has 0 saturated heterocycles. The molecule has 5 aromatic rings. The van der Waals surface area contributed by atoms with E-state index in [2.05, 4.69) is 99.9 Å². The topological polar surface area (TPSA) is 93.5 Å². The summed E-state index contributed by atoms with van der Waals surface area (Å²) in [5.74, 6) is 2.16. The Kier molecular flexibility index (Phi) is 19.7. The van der Waals surface area contributed by atoms with Gasteiger partial charge in [-0.15, -0.1) is 5.10 Å². The van der Waals surface area contributed by atoms with Gasteiger partial charge in [-0.1, -0.05) is 162 Å². The van der Waals surface area contributed by atoms with Crippen molar-refractivity contribution in [2.24, 2.45) is 0 Å². The maximum atomic E-state index is 13.7. The van der Waals surface area contributed by atoms with Gasteiger partial charge in [-0.3, -0.25) is 9.82 Å². The lowest BCUT2D eigenvalue weighted by molar-refractivity contribution is 0.301. The van der Waals surface area contributed by atoms with Gasteiger partial charge in [0.1, 0.15) is 11.5 Å². The number of nitrogens with one attached hydrogen (secondary N) is 2. The predicted octanol–water partition coefficient (Wildman–Crippen LogP) is 14.5. The smallest absolute Gasteiger partial charge is 0.316 e. The van der Waals surface area contributed by atoms with Crippen LogP contribution < -0.4 is 13.6 Å². The zero-order valence-electron chi connectivity index (χ0n) is 38.8. The molecule has 334 valence electrons. The minimum Gasteiger partial charge on any atom is -0.493 e. The number of aromatic amines is 1. The van der Waals surface area contributed by atoms with Crippen LogP contribution in [0.15, 0.2) is 60.7 Å². The van der Waals surface area contributed by atoms with Gasteiger partial charge in [0.15, 0.2) is 11.5 Å². The van der Waals surface area contributed by atoms with Crippen LogP contribution in [0.25, 0.3) is 17.0 Å². The number of hydrogen-bond acceptors (Lipinski definition) is 5. The molecule has 2 heterocycles. The van der Waals surface area contributed by atoms with E-state index in [1.807, 2.05) is 19.1 Å². The summed E-state index contributed by atoms with van der Waals surface area (Å²) in [7, 11) is 0. The molecule has 0 fully saturated rings. The second-order valence-electron chi connectivity index (χ2n) is 18.3. The second kappa shape index (κ2) is 25.1. The molecule has 8 nitrogen and oxygen atoms in total. The van der Waals surface area contributed by atoms with Crippen molar-refractivity contribution >= 4 is 22.6 Å². The summed E-state index contributed by atoms with van der Waals surface area (Å²) in [5, 5.41) is 8.27. The molecule has 0 saturated carbocycles. The van der Waals surface area contributed by atoms with Gasteiger partial charge < -0.3 is 8.92 Å². The summed E-state index contributed by atoms with van der Waals surface area (Å²) in [6.07, 6.45) is 25.4. The molecular weight excluding hydrogens is 775 g/mol. The SMILES string of the molecule is CCCCCCCCOc1cc(CCCCCCCC)ccc1Cc1cc(NS(=O)Oc2ccc(CCCCCCCC)cc2C)cc(-c2nc3cc(C(C)(C)C)[nH]n3n2)c1. The summed E-state index contributed by atoms with van der Waals surface area (Å²) in [5.41, 5.74) is 9.04. The number of anilines is 1. The molecular formula is C52H77N5O3S. The van der Waals surface area contributed by atoms with Crippen LogP contribution in [0.4, 0.5) is 5.69 Å². The molecule has 2 N–H and O–H groups in total. The first-order chi connectivity index (χ1) is 29.6. The zero-order valence-corrected chi connectivity index (χ0v) is 39.6. The first-order valence-corrected chi connectivity index (χ1v) is 24.9. The minimum absolute atomic E-state index is 0.0603. The fourth-order valence-electron chi connectivity index (χ4n) is 7.96.